The Morgan fingerprint density at radius 3 is 1.25 bits per heavy atom. The Labute approximate surface area is 283 Å². The van der Waals surface area contributed by atoms with Gasteiger partial charge >= 0.3 is 0 Å². The lowest BCUT2D eigenvalue weighted by molar-refractivity contribution is 0.219. The van der Waals surface area contributed by atoms with Crippen molar-refractivity contribution >= 4 is 0 Å². The van der Waals surface area contributed by atoms with Gasteiger partial charge in [-0.15, -0.1) is 0 Å². The van der Waals surface area contributed by atoms with Gasteiger partial charge in [-0.25, -0.2) is 9.97 Å². The molecule has 0 unspecified atom stereocenters. The van der Waals surface area contributed by atoms with E-state index in [9.17, 15) is 0 Å². The van der Waals surface area contributed by atoms with Crippen LogP contribution in [0.15, 0.2) is 146 Å². The predicted octanol–water partition coefficient (Wildman–Crippen LogP) is 7.01. The Morgan fingerprint density at radius 2 is 0.833 bits per heavy atom. The zero-order chi connectivity index (χ0) is 32.6. The van der Waals surface area contributed by atoms with Crippen LogP contribution in [-0.2, 0) is 13.1 Å². The first kappa shape index (κ1) is 32.0. The summed E-state index contributed by atoms with van der Waals surface area (Å²) in [5.41, 5.74) is 7.39. The Morgan fingerprint density at radius 1 is 0.417 bits per heavy atom. The number of aromatic nitrogens is 4. The summed E-state index contributed by atoms with van der Waals surface area (Å²) in [6.07, 6.45) is 3.59. The van der Waals surface area contributed by atoms with E-state index in [2.05, 4.69) is 55.6 Å². The van der Waals surface area contributed by atoms with E-state index >= 15 is 0 Å². The number of hydrogen-bond donors (Lipinski definition) is 0. The van der Waals surface area contributed by atoms with Gasteiger partial charge in [0, 0.05) is 49.7 Å². The van der Waals surface area contributed by atoms with Gasteiger partial charge in [-0.05, 0) is 72.8 Å². The lowest BCUT2D eigenvalue weighted by Gasteiger charge is -2.25. The van der Waals surface area contributed by atoms with Crippen molar-refractivity contribution in [1.82, 2.24) is 29.7 Å². The Balaban J connectivity index is 1.22. The second kappa shape index (κ2) is 17.1. The molecule has 0 saturated carbocycles. The average Bonchev–Trinajstić information content (AvgIpc) is 3.15. The molecule has 0 radical (unpaired) electrons. The summed E-state index contributed by atoms with van der Waals surface area (Å²) in [7, 11) is 0. The van der Waals surface area contributed by atoms with Crippen molar-refractivity contribution in [2.75, 3.05) is 26.2 Å². The van der Waals surface area contributed by atoms with Crippen LogP contribution in [0.5, 0.6) is 0 Å². The zero-order valence-electron chi connectivity index (χ0n) is 26.8. The second-order valence-electron chi connectivity index (χ2n) is 11.2. The summed E-state index contributed by atoms with van der Waals surface area (Å²) in [4.78, 5) is 23.6. The SMILES string of the molecule is C(#Cc1ccccc1)CN(CCN(CC#Cc1ccccc1)Cc1cccc(-c2ccccn2)n1)Cc1cccc(-c2ccccn2)n1. The summed E-state index contributed by atoms with van der Waals surface area (Å²) in [5.74, 6) is 13.5. The molecule has 6 heteroatoms. The van der Waals surface area contributed by atoms with E-state index < -0.39 is 0 Å². The molecule has 0 N–H and O–H groups in total. The smallest absolute Gasteiger partial charge is 0.0890 e. The third kappa shape index (κ3) is 9.79. The molecular weight excluding hydrogens is 589 g/mol. The first-order chi connectivity index (χ1) is 23.8. The molecule has 2 aromatic carbocycles. The molecule has 4 aromatic heterocycles. The molecule has 0 fully saturated rings. The summed E-state index contributed by atoms with van der Waals surface area (Å²) in [5, 5.41) is 0. The van der Waals surface area contributed by atoms with E-state index in [1.54, 1.807) is 12.4 Å². The van der Waals surface area contributed by atoms with Crippen molar-refractivity contribution in [2.24, 2.45) is 0 Å². The molecule has 234 valence electrons. The molecule has 0 aliphatic rings. The van der Waals surface area contributed by atoms with Gasteiger partial charge in [-0.2, -0.15) is 0 Å². The summed E-state index contributed by atoms with van der Waals surface area (Å²) in [6, 6.07) is 44.2. The molecule has 0 spiro atoms. The Bertz CT molecular complexity index is 1850. The van der Waals surface area contributed by atoms with Crippen LogP contribution in [-0.4, -0.2) is 55.9 Å². The quantitative estimate of drug-likeness (QED) is 0.145. The van der Waals surface area contributed by atoms with Crippen LogP contribution in [0.25, 0.3) is 22.8 Å². The first-order valence-electron chi connectivity index (χ1n) is 16.1. The van der Waals surface area contributed by atoms with Gasteiger partial charge in [-0.1, -0.05) is 84.3 Å². The van der Waals surface area contributed by atoms with Crippen molar-refractivity contribution in [3.63, 3.8) is 0 Å². The van der Waals surface area contributed by atoms with Crippen molar-refractivity contribution in [3.8, 4) is 46.5 Å². The molecule has 6 aromatic rings. The molecule has 0 amide bonds. The zero-order valence-corrected chi connectivity index (χ0v) is 26.8. The minimum absolute atomic E-state index is 0.599. The van der Waals surface area contributed by atoms with Crippen molar-refractivity contribution in [2.45, 2.75) is 13.1 Å². The molecule has 0 saturated heterocycles. The Hall–Kier alpha value is -5.92. The maximum atomic E-state index is 4.96. The van der Waals surface area contributed by atoms with Crippen LogP contribution < -0.4 is 0 Å². The monoisotopic (exact) mass is 624 g/mol. The van der Waals surface area contributed by atoms with Crippen LogP contribution >= 0.6 is 0 Å². The van der Waals surface area contributed by atoms with Gasteiger partial charge in [0.05, 0.1) is 47.3 Å². The number of rotatable bonds is 11. The van der Waals surface area contributed by atoms with Gasteiger partial charge in [0.1, 0.15) is 0 Å². The molecule has 0 aliphatic heterocycles. The normalized spacial score (nSPS) is 10.6. The van der Waals surface area contributed by atoms with E-state index in [0.29, 0.717) is 26.2 Å². The number of pyridine rings is 4. The van der Waals surface area contributed by atoms with E-state index in [-0.39, 0.29) is 0 Å². The van der Waals surface area contributed by atoms with Gasteiger partial charge in [0.2, 0.25) is 0 Å². The lowest BCUT2D eigenvalue weighted by Crippen LogP contribution is -2.35. The van der Waals surface area contributed by atoms with Crippen LogP contribution in [0.2, 0.25) is 0 Å². The fraction of sp³-hybridized carbons (Fsp3) is 0.143. The summed E-state index contributed by atoms with van der Waals surface area (Å²) >= 11 is 0. The topological polar surface area (TPSA) is 58.0 Å². The Kier molecular flexibility index (Phi) is 11.4. The minimum atomic E-state index is 0.599. The second-order valence-corrected chi connectivity index (χ2v) is 11.2. The van der Waals surface area contributed by atoms with E-state index in [1.807, 2.05) is 121 Å². The number of hydrogen-bond acceptors (Lipinski definition) is 6. The highest BCUT2D eigenvalue weighted by Gasteiger charge is 2.13. The third-order valence-corrected chi connectivity index (χ3v) is 7.59. The van der Waals surface area contributed by atoms with E-state index in [4.69, 9.17) is 9.97 Å². The fourth-order valence-corrected chi connectivity index (χ4v) is 5.17. The van der Waals surface area contributed by atoms with Crippen LogP contribution in [0.4, 0.5) is 0 Å². The molecule has 0 aliphatic carbocycles. The van der Waals surface area contributed by atoms with Crippen molar-refractivity contribution in [3.05, 3.63) is 168 Å². The third-order valence-electron chi connectivity index (χ3n) is 7.59. The van der Waals surface area contributed by atoms with Gasteiger partial charge in [-0.3, -0.25) is 19.8 Å². The molecule has 4 heterocycles. The van der Waals surface area contributed by atoms with E-state index in [0.717, 1.165) is 58.4 Å². The molecule has 0 atom stereocenters. The first-order valence-corrected chi connectivity index (χ1v) is 16.1. The van der Waals surface area contributed by atoms with Gasteiger partial charge in [0.15, 0.2) is 0 Å². The predicted molar refractivity (Wildman–Crippen MR) is 192 cm³/mol. The van der Waals surface area contributed by atoms with Crippen molar-refractivity contribution < 1.29 is 0 Å². The van der Waals surface area contributed by atoms with Crippen LogP contribution in [0.1, 0.15) is 22.5 Å². The molecule has 6 nitrogen and oxygen atoms in total. The summed E-state index contributed by atoms with van der Waals surface area (Å²) < 4.78 is 0. The van der Waals surface area contributed by atoms with Crippen LogP contribution in [0.3, 0.4) is 0 Å². The highest BCUT2D eigenvalue weighted by atomic mass is 15.2. The van der Waals surface area contributed by atoms with Crippen molar-refractivity contribution in [1.29, 1.82) is 0 Å². The fourth-order valence-electron chi connectivity index (χ4n) is 5.17. The molecular formula is C42H36N6. The minimum Gasteiger partial charge on any atom is -0.285 e. The largest absolute Gasteiger partial charge is 0.285 e. The average molecular weight is 625 g/mol. The lowest BCUT2D eigenvalue weighted by atomic mass is 10.2. The standard InChI is InChI=1S/C42H36N6/c1-3-15-35(16-4-1)19-13-29-47(33-37-21-11-25-41(45-37)39-23-7-9-27-43-39)31-32-48(30-14-20-36-17-5-2-6-18-36)34-38-22-12-26-42(46-38)40-24-8-10-28-44-40/h1-12,15-18,21-28H,29-34H2. The molecule has 0 bridgehead atoms. The van der Waals surface area contributed by atoms with Gasteiger partial charge < -0.3 is 0 Å². The number of nitrogens with zero attached hydrogens (tertiary/aromatic N) is 6. The maximum absolute atomic E-state index is 4.96. The van der Waals surface area contributed by atoms with Gasteiger partial charge in [0.25, 0.3) is 0 Å². The summed E-state index contributed by atoms with van der Waals surface area (Å²) in [6.45, 7) is 4.04. The highest BCUT2D eigenvalue weighted by molar-refractivity contribution is 5.54. The molecule has 6 rings (SSSR count). The number of benzene rings is 2. The van der Waals surface area contributed by atoms with Crippen LogP contribution in [0, 0.1) is 23.7 Å². The highest BCUT2D eigenvalue weighted by Crippen LogP contribution is 2.16. The maximum Gasteiger partial charge on any atom is 0.0890 e. The molecule has 48 heavy (non-hydrogen) atoms. The van der Waals surface area contributed by atoms with E-state index in [1.165, 1.54) is 0 Å².